The Kier molecular flexibility index (Phi) is 7.52. The lowest BCUT2D eigenvalue weighted by atomic mass is 10.0. The number of rotatable bonds is 8. The van der Waals surface area contributed by atoms with Gasteiger partial charge in [-0.2, -0.15) is 0 Å². The fourth-order valence-electron chi connectivity index (χ4n) is 2.69. The average molecular weight is 406 g/mol. The van der Waals surface area contributed by atoms with Crippen LogP contribution in [0.5, 0.6) is 0 Å². The maximum atomic E-state index is 13.9. The summed E-state index contributed by atoms with van der Waals surface area (Å²) in [6, 6.07) is 10.7. The summed E-state index contributed by atoms with van der Waals surface area (Å²) in [4.78, 5) is 36.0. The monoisotopic (exact) mass is 405 g/mol. The van der Waals surface area contributed by atoms with Crippen LogP contribution in [0.3, 0.4) is 0 Å². The van der Waals surface area contributed by atoms with E-state index in [0.29, 0.717) is 5.02 Å². The number of nitrogens with one attached hydrogen (secondary N) is 2. The lowest BCUT2D eigenvalue weighted by Gasteiger charge is -2.22. The molecule has 148 valence electrons. The molecule has 0 heterocycles. The molecule has 0 aliphatic carbocycles. The van der Waals surface area contributed by atoms with Crippen LogP contribution in [0, 0.1) is 5.82 Å². The van der Waals surface area contributed by atoms with Crippen LogP contribution in [0.4, 0.5) is 4.39 Å². The van der Waals surface area contributed by atoms with Gasteiger partial charge in [-0.15, -0.1) is 0 Å². The van der Waals surface area contributed by atoms with Crippen molar-refractivity contribution in [1.82, 2.24) is 10.6 Å². The van der Waals surface area contributed by atoms with E-state index < -0.39 is 35.6 Å². The van der Waals surface area contributed by atoms with Crippen LogP contribution >= 0.6 is 11.6 Å². The van der Waals surface area contributed by atoms with Gasteiger partial charge < -0.3 is 16.4 Å². The Labute approximate surface area is 167 Å². The minimum atomic E-state index is -1.05. The molecule has 28 heavy (non-hydrogen) atoms. The number of primary amides is 1. The summed E-state index contributed by atoms with van der Waals surface area (Å²) in [7, 11) is 0. The van der Waals surface area contributed by atoms with Crippen LogP contribution in [0.1, 0.15) is 18.1 Å². The molecule has 2 aromatic carbocycles. The van der Waals surface area contributed by atoms with Gasteiger partial charge in [0, 0.05) is 24.8 Å². The number of nitrogens with two attached hydrogens (primary N) is 1. The standard InChI is InChI=1S/C20H21ClFN3O3/c1-12(26)24-18(11-14-4-2-3-5-16(14)22)20(28)25-17(19(23)27)10-13-6-8-15(21)9-7-13/h2-9,17-18H,10-11H2,1H3,(H2,23,27)(H,24,26)(H,25,28)/t17-,18-/m1/s1. The Bertz CT molecular complexity index is 858. The van der Waals surface area contributed by atoms with Crippen molar-refractivity contribution in [3.8, 4) is 0 Å². The fourth-order valence-corrected chi connectivity index (χ4v) is 2.82. The highest BCUT2D eigenvalue weighted by Gasteiger charge is 2.26. The van der Waals surface area contributed by atoms with Crippen molar-refractivity contribution in [2.75, 3.05) is 0 Å². The molecule has 0 bridgehead atoms. The average Bonchev–Trinajstić information content (AvgIpc) is 2.63. The Balaban J connectivity index is 2.14. The quantitative estimate of drug-likeness (QED) is 0.623. The Morgan fingerprint density at radius 1 is 1.00 bits per heavy atom. The highest BCUT2D eigenvalue weighted by molar-refractivity contribution is 6.30. The predicted molar refractivity (Wildman–Crippen MR) is 104 cm³/mol. The normalized spacial score (nSPS) is 12.7. The molecule has 0 radical (unpaired) electrons. The fraction of sp³-hybridized carbons (Fsp3) is 0.250. The van der Waals surface area contributed by atoms with Gasteiger partial charge in [-0.3, -0.25) is 14.4 Å². The highest BCUT2D eigenvalue weighted by Crippen LogP contribution is 2.12. The molecule has 2 aromatic rings. The van der Waals surface area contributed by atoms with Crippen molar-refractivity contribution in [3.05, 3.63) is 70.5 Å². The summed E-state index contributed by atoms with van der Waals surface area (Å²) in [6.07, 6.45) is 0.0925. The van der Waals surface area contributed by atoms with Crippen LogP contribution in [-0.2, 0) is 27.2 Å². The van der Waals surface area contributed by atoms with Crippen LogP contribution in [0.25, 0.3) is 0 Å². The van der Waals surface area contributed by atoms with Gasteiger partial charge in [0.15, 0.2) is 0 Å². The highest BCUT2D eigenvalue weighted by atomic mass is 35.5. The number of carbonyl (C=O) groups excluding carboxylic acids is 3. The number of hydrogen-bond acceptors (Lipinski definition) is 3. The van der Waals surface area contributed by atoms with Gasteiger partial charge in [0.1, 0.15) is 17.9 Å². The van der Waals surface area contributed by atoms with Gasteiger partial charge in [-0.05, 0) is 29.3 Å². The lowest BCUT2D eigenvalue weighted by molar-refractivity contribution is -0.130. The molecule has 6 nitrogen and oxygen atoms in total. The van der Waals surface area contributed by atoms with Gasteiger partial charge >= 0.3 is 0 Å². The molecule has 0 fully saturated rings. The number of benzene rings is 2. The maximum Gasteiger partial charge on any atom is 0.243 e. The molecule has 3 amide bonds. The van der Waals surface area contributed by atoms with Crippen LogP contribution in [-0.4, -0.2) is 29.8 Å². The van der Waals surface area contributed by atoms with Crippen molar-refractivity contribution in [2.45, 2.75) is 31.8 Å². The van der Waals surface area contributed by atoms with Crippen molar-refractivity contribution < 1.29 is 18.8 Å². The van der Waals surface area contributed by atoms with E-state index in [1.807, 2.05) is 0 Å². The summed E-state index contributed by atoms with van der Waals surface area (Å²) >= 11 is 5.84. The summed E-state index contributed by atoms with van der Waals surface area (Å²) in [5, 5.41) is 5.57. The minimum Gasteiger partial charge on any atom is -0.368 e. The molecule has 4 N–H and O–H groups in total. The first-order valence-corrected chi connectivity index (χ1v) is 8.98. The smallest absolute Gasteiger partial charge is 0.243 e. The predicted octanol–water partition coefficient (Wildman–Crippen LogP) is 1.74. The molecule has 0 aliphatic heterocycles. The maximum absolute atomic E-state index is 13.9. The molecule has 8 heteroatoms. The number of amides is 3. The summed E-state index contributed by atoms with van der Waals surface area (Å²) in [6.45, 7) is 1.25. The van der Waals surface area contributed by atoms with E-state index in [1.165, 1.54) is 25.1 Å². The third kappa shape index (κ3) is 6.35. The van der Waals surface area contributed by atoms with Gasteiger partial charge in [0.05, 0.1) is 0 Å². The van der Waals surface area contributed by atoms with Gasteiger partial charge in [0.2, 0.25) is 17.7 Å². The second-order valence-corrected chi connectivity index (χ2v) is 6.78. The lowest BCUT2D eigenvalue weighted by Crippen LogP contribution is -2.54. The molecular weight excluding hydrogens is 385 g/mol. The molecule has 0 unspecified atom stereocenters. The zero-order valence-corrected chi connectivity index (χ0v) is 16.0. The van der Waals surface area contributed by atoms with Crippen molar-refractivity contribution in [1.29, 1.82) is 0 Å². The molecular formula is C20H21ClFN3O3. The van der Waals surface area contributed by atoms with Gasteiger partial charge in [-0.25, -0.2) is 4.39 Å². The molecule has 0 saturated carbocycles. The van der Waals surface area contributed by atoms with Crippen molar-refractivity contribution in [3.63, 3.8) is 0 Å². The van der Waals surface area contributed by atoms with Crippen LogP contribution < -0.4 is 16.4 Å². The second kappa shape index (κ2) is 9.85. The first-order valence-electron chi connectivity index (χ1n) is 8.61. The first-order chi connectivity index (χ1) is 13.3. The van der Waals surface area contributed by atoms with Gasteiger partial charge in [-0.1, -0.05) is 41.9 Å². The topological polar surface area (TPSA) is 101 Å². The first kappa shape index (κ1) is 21.4. The molecule has 0 aliphatic rings. The van der Waals surface area contributed by atoms with E-state index in [0.717, 1.165) is 5.56 Å². The van der Waals surface area contributed by atoms with Crippen LogP contribution in [0.2, 0.25) is 5.02 Å². The summed E-state index contributed by atoms with van der Waals surface area (Å²) < 4.78 is 13.9. The number of halogens is 2. The molecule has 0 saturated heterocycles. The Morgan fingerprint density at radius 2 is 1.64 bits per heavy atom. The molecule has 0 spiro atoms. The van der Waals surface area contributed by atoms with E-state index in [-0.39, 0.29) is 18.4 Å². The van der Waals surface area contributed by atoms with E-state index in [2.05, 4.69) is 10.6 Å². The van der Waals surface area contributed by atoms with Crippen LogP contribution in [0.15, 0.2) is 48.5 Å². The van der Waals surface area contributed by atoms with E-state index >= 15 is 0 Å². The Morgan fingerprint density at radius 3 is 2.21 bits per heavy atom. The van der Waals surface area contributed by atoms with Crippen molar-refractivity contribution in [2.24, 2.45) is 5.73 Å². The molecule has 0 aromatic heterocycles. The SMILES string of the molecule is CC(=O)N[C@H](Cc1ccccc1F)C(=O)N[C@H](Cc1ccc(Cl)cc1)C(N)=O. The molecule has 2 atom stereocenters. The largest absolute Gasteiger partial charge is 0.368 e. The minimum absolute atomic E-state index is 0.0650. The third-order valence-corrected chi connectivity index (χ3v) is 4.34. The number of carbonyl (C=O) groups is 3. The van der Waals surface area contributed by atoms with E-state index in [9.17, 15) is 18.8 Å². The summed E-state index contributed by atoms with van der Waals surface area (Å²) in [5.74, 6) is -2.30. The second-order valence-electron chi connectivity index (χ2n) is 6.34. The number of hydrogen-bond donors (Lipinski definition) is 3. The zero-order chi connectivity index (χ0) is 20.7. The Hall–Kier alpha value is -2.93. The van der Waals surface area contributed by atoms with E-state index in [1.54, 1.807) is 30.3 Å². The van der Waals surface area contributed by atoms with E-state index in [4.69, 9.17) is 17.3 Å². The summed E-state index contributed by atoms with van der Waals surface area (Å²) in [5.41, 5.74) is 6.43. The molecule has 2 rings (SSSR count). The van der Waals surface area contributed by atoms with Gasteiger partial charge in [0.25, 0.3) is 0 Å². The zero-order valence-electron chi connectivity index (χ0n) is 15.2. The third-order valence-electron chi connectivity index (χ3n) is 4.09. The van der Waals surface area contributed by atoms with Crippen molar-refractivity contribution >= 4 is 29.3 Å².